The summed E-state index contributed by atoms with van der Waals surface area (Å²) in [5.41, 5.74) is 13.2. The van der Waals surface area contributed by atoms with Crippen molar-refractivity contribution in [1.29, 1.82) is 0 Å². The van der Waals surface area contributed by atoms with E-state index in [9.17, 15) is 4.57 Å². The van der Waals surface area contributed by atoms with E-state index < -0.39 is 7.44 Å². The van der Waals surface area contributed by atoms with Gasteiger partial charge in [-0.15, -0.1) is 0 Å². The summed E-state index contributed by atoms with van der Waals surface area (Å²) in [5, 5.41) is 14.5. The highest BCUT2D eigenvalue weighted by molar-refractivity contribution is 7.59. The van der Waals surface area contributed by atoms with Crippen LogP contribution in [0.3, 0.4) is 0 Å². The first kappa shape index (κ1) is 26.6. The molecule has 0 radical (unpaired) electrons. The Kier molecular flexibility index (Phi) is 11.0. The lowest BCUT2D eigenvalue weighted by Gasteiger charge is -2.20. The number of allylic oxidation sites excluding steroid dienone is 7. The van der Waals surface area contributed by atoms with E-state index in [0.29, 0.717) is 5.92 Å². The Labute approximate surface area is 182 Å². The van der Waals surface area contributed by atoms with Crippen molar-refractivity contribution in [3.8, 4) is 0 Å². The maximum atomic E-state index is 12.6. The number of rotatable bonds is 12. The van der Waals surface area contributed by atoms with Crippen LogP contribution in [0.25, 0.3) is 0 Å². The van der Waals surface area contributed by atoms with E-state index in [1.807, 2.05) is 6.92 Å². The Morgan fingerprint density at radius 3 is 2.57 bits per heavy atom. The van der Waals surface area contributed by atoms with Crippen LogP contribution >= 0.6 is 7.44 Å². The minimum Gasteiger partial charge on any atom is -0.399 e. The van der Waals surface area contributed by atoms with Crippen LogP contribution in [0.2, 0.25) is 0 Å². The summed E-state index contributed by atoms with van der Waals surface area (Å²) < 4.78 is 18.4. The summed E-state index contributed by atoms with van der Waals surface area (Å²) in [6, 6.07) is 0. The lowest BCUT2D eigenvalue weighted by Crippen LogP contribution is -2.26. The lowest BCUT2D eigenvalue weighted by atomic mass is 9.96. The molecule has 170 valence electrons. The number of hydrogen-bond acceptors (Lipinski definition) is 4. The number of nitrogens with one attached hydrogen (secondary N) is 2. The van der Waals surface area contributed by atoms with Crippen molar-refractivity contribution in [3.05, 3.63) is 58.4 Å². The molecule has 1 aliphatic rings. The highest BCUT2D eigenvalue weighted by Gasteiger charge is 2.21. The third-order valence-corrected chi connectivity index (χ3v) is 7.24. The summed E-state index contributed by atoms with van der Waals surface area (Å²) in [4.78, 5) is 0. The Balaban J connectivity index is 2.85. The van der Waals surface area contributed by atoms with Crippen molar-refractivity contribution in [1.82, 2.24) is 10.2 Å². The molecular formula is C23H40N3O3P. The van der Waals surface area contributed by atoms with Gasteiger partial charge < -0.3 is 15.6 Å². The molecule has 7 heteroatoms. The van der Waals surface area contributed by atoms with Gasteiger partial charge in [0.05, 0.1) is 12.7 Å². The fourth-order valence-electron chi connectivity index (χ4n) is 3.53. The third-order valence-electron chi connectivity index (χ3n) is 5.27. The van der Waals surface area contributed by atoms with Gasteiger partial charge in [0.25, 0.3) is 0 Å². The van der Waals surface area contributed by atoms with Gasteiger partial charge in [0, 0.05) is 12.2 Å². The largest absolute Gasteiger partial charge is 0.399 e. The second kappa shape index (κ2) is 12.4. The molecule has 2 unspecified atom stereocenters. The number of ether oxygens (including phenoxy) is 1. The van der Waals surface area contributed by atoms with Gasteiger partial charge in [-0.3, -0.25) is 14.7 Å². The number of nitrogens with two attached hydrogens (primary N) is 1. The molecule has 5 N–H and O–H groups in total. The zero-order chi connectivity index (χ0) is 22.9. The molecular weight excluding hydrogens is 397 g/mol. The van der Waals surface area contributed by atoms with Gasteiger partial charge in [-0.25, -0.2) is 0 Å². The molecule has 2 atom stereocenters. The van der Waals surface area contributed by atoms with Crippen molar-refractivity contribution >= 4 is 7.44 Å². The molecule has 0 saturated carbocycles. The van der Waals surface area contributed by atoms with Gasteiger partial charge >= 0.3 is 0 Å². The van der Waals surface area contributed by atoms with Gasteiger partial charge in [-0.05, 0) is 69.4 Å². The van der Waals surface area contributed by atoms with E-state index in [1.54, 1.807) is 13.1 Å². The average Bonchev–Trinajstić information content (AvgIpc) is 3.08. The standard InChI is InChI=1S/C23H40N3O3P/c1-8-23(24)21(16(2)3)13-20-12-18(5)22(14-20)17(4)11-19(6)29-15-30(28,25-7)26-9-10-27/h8,11,13,16,19,27H,1,9-10,12,14-15,24H2,2-7H3,(H2,25,26,28)/b17-11-,20-13+,23-21-. The van der Waals surface area contributed by atoms with Crippen molar-refractivity contribution < 1.29 is 14.4 Å². The minimum atomic E-state index is -2.86. The van der Waals surface area contributed by atoms with Crippen LogP contribution in [0.1, 0.15) is 47.5 Å². The zero-order valence-electron chi connectivity index (χ0n) is 19.4. The van der Waals surface area contributed by atoms with Gasteiger partial charge in [-0.1, -0.05) is 43.7 Å². The first-order chi connectivity index (χ1) is 14.1. The molecule has 0 aromatic rings. The summed E-state index contributed by atoms with van der Waals surface area (Å²) in [7, 11) is -1.23. The molecule has 1 rings (SSSR count). The highest BCUT2D eigenvalue weighted by Crippen LogP contribution is 2.37. The molecule has 0 bridgehead atoms. The lowest BCUT2D eigenvalue weighted by molar-refractivity contribution is 0.133. The first-order valence-electron chi connectivity index (χ1n) is 10.5. The van der Waals surface area contributed by atoms with Crippen molar-refractivity contribution in [3.63, 3.8) is 0 Å². The monoisotopic (exact) mass is 437 g/mol. The van der Waals surface area contributed by atoms with Crippen LogP contribution in [-0.2, 0) is 9.30 Å². The topological polar surface area (TPSA) is 96.6 Å². The molecule has 0 aromatic heterocycles. The molecule has 0 aliphatic heterocycles. The van der Waals surface area contributed by atoms with Crippen LogP contribution in [-0.4, -0.2) is 37.8 Å². The normalized spacial score (nSPS) is 20.5. The Morgan fingerprint density at radius 2 is 2.03 bits per heavy atom. The van der Waals surface area contributed by atoms with E-state index >= 15 is 0 Å². The van der Waals surface area contributed by atoms with Gasteiger partial charge in [-0.2, -0.15) is 0 Å². The van der Waals surface area contributed by atoms with Crippen molar-refractivity contribution in [2.75, 3.05) is 26.5 Å². The summed E-state index contributed by atoms with van der Waals surface area (Å²) in [6.07, 6.45) is 7.73. The SMILES string of the molecule is C=C/C(N)=C(\C=C1/CC(C)=C(/C(C)=C\C(C)OCP(=O)(NC)NCCO)C1)C(C)C. The smallest absolute Gasteiger partial charge is 0.236 e. The number of aliphatic hydroxyl groups excluding tert-OH is 1. The fourth-order valence-corrected chi connectivity index (χ4v) is 4.81. The molecule has 30 heavy (non-hydrogen) atoms. The van der Waals surface area contributed by atoms with Crippen molar-refractivity contribution in [2.24, 2.45) is 11.7 Å². The molecule has 0 amide bonds. The minimum absolute atomic E-state index is 0.0566. The van der Waals surface area contributed by atoms with E-state index in [2.05, 4.69) is 56.6 Å². The Morgan fingerprint density at radius 1 is 1.37 bits per heavy atom. The van der Waals surface area contributed by atoms with E-state index in [4.69, 9.17) is 15.6 Å². The fraction of sp³-hybridized carbons (Fsp3) is 0.565. The summed E-state index contributed by atoms with van der Waals surface area (Å²) in [6.45, 7) is 14.5. The number of aliphatic hydroxyl groups is 1. The maximum absolute atomic E-state index is 12.6. The third kappa shape index (κ3) is 8.01. The predicted octanol–water partition coefficient (Wildman–Crippen LogP) is 4.38. The van der Waals surface area contributed by atoms with E-state index in [-0.39, 0.29) is 25.6 Å². The first-order valence-corrected chi connectivity index (χ1v) is 12.4. The summed E-state index contributed by atoms with van der Waals surface area (Å²) >= 11 is 0. The molecule has 0 fully saturated rings. The second-order valence-electron chi connectivity index (χ2n) is 8.13. The van der Waals surface area contributed by atoms with Crippen LogP contribution in [0, 0.1) is 5.92 Å². The zero-order valence-corrected chi connectivity index (χ0v) is 20.3. The predicted molar refractivity (Wildman–Crippen MR) is 127 cm³/mol. The van der Waals surface area contributed by atoms with Gasteiger partial charge in [0.1, 0.15) is 6.35 Å². The molecule has 6 nitrogen and oxygen atoms in total. The van der Waals surface area contributed by atoms with Crippen LogP contribution in [0.15, 0.2) is 58.4 Å². The van der Waals surface area contributed by atoms with E-state index in [0.717, 1.165) is 24.1 Å². The Hall–Kier alpha value is -1.43. The van der Waals surface area contributed by atoms with Crippen LogP contribution < -0.4 is 15.9 Å². The van der Waals surface area contributed by atoms with Gasteiger partial charge in [0.15, 0.2) is 0 Å². The highest BCUT2D eigenvalue weighted by atomic mass is 31.2. The summed E-state index contributed by atoms with van der Waals surface area (Å²) in [5.74, 6) is 0.340. The molecule has 0 aromatic carbocycles. The second-order valence-corrected chi connectivity index (χ2v) is 10.6. The molecule has 0 spiro atoms. The quantitative estimate of drug-likeness (QED) is 0.267. The van der Waals surface area contributed by atoms with Gasteiger partial charge in [0.2, 0.25) is 7.44 Å². The molecule has 0 saturated heterocycles. The molecule has 0 heterocycles. The molecule has 1 aliphatic carbocycles. The Bertz CT molecular complexity index is 779. The van der Waals surface area contributed by atoms with Crippen LogP contribution in [0.4, 0.5) is 0 Å². The maximum Gasteiger partial charge on any atom is 0.236 e. The van der Waals surface area contributed by atoms with E-state index in [1.165, 1.54) is 22.3 Å². The van der Waals surface area contributed by atoms with Crippen LogP contribution in [0.5, 0.6) is 0 Å². The van der Waals surface area contributed by atoms with Crippen molar-refractivity contribution in [2.45, 2.75) is 53.6 Å². The number of hydrogen-bond donors (Lipinski definition) is 4. The average molecular weight is 438 g/mol.